The third-order valence-corrected chi connectivity index (χ3v) is 6.05. The van der Waals surface area contributed by atoms with Crippen LogP contribution in [-0.2, 0) is 20.9 Å². The molecule has 2 aromatic carbocycles. The standard InChI is InChI=1S/C23H17N3O3/c24-12-15-11-17-18-19(23(29)26(22(18)28)16-9-5-2-6-10-16)20(15)25(21(17)27)13-14-7-3-1-4-8-14/h1-11,17-20H,13H2. The van der Waals surface area contributed by atoms with E-state index >= 15 is 0 Å². The van der Waals surface area contributed by atoms with Gasteiger partial charge in [-0.25, -0.2) is 4.90 Å². The topological polar surface area (TPSA) is 81.5 Å². The second kappa shape index (κ2) is 6.42. The summed E-state index contributed by atoms with van der Waals surface area (Å²) in [6, 6.07) is 19.7. The highest BCUT2D eigenvalue weighted by Gasteiger charge is 2.64. The zero-order chi connectivity index (χ0) is 20.1. The van der Waals surface area contributed by atoms with Gasteiger partial charge in [-0.1, -0.05) is 54.6 Å². The Kier molecular flexibility index (Phi) is 3.85. The molecule has 4 unspecified atom stereocenters. The van der Waals surface area contributed by atoms with E-state index in [9.17, 15) is 19.6 Å². The third kappa shape index (κ3) is 2.44. The number of imide groups is 1. The van der Waals surface area contributed by atoms with Crippen LogP contribution in [0, 0.1) is 29.1 Å². The van der Waals surface area contributed by atoms with Crippen molar-refractivity contribution in [1.29, 1.82) is 5.26 Å². The average molecular weight is 383 g/mol. The van der Waals surface area contributed by atoms with Crippen molar-refractivity contribution in [2.75, 3.05) is 4.90 Å². The van der Waals surface area contributed by atoms with Crippen LogP contribution in [0.25, 0.3) is 0 Å². The largest absolute Gasteiger partial charge is 0.329 e. The molecule has 0 aromatic heterocycles. The lowest BCUT2D eigenvalue weighted by Gasteiger charge is -2.47. The molecule has 4 atom stereocenters. The van der Waals surface area contributed by atoms with Crippen LogP contribution in [0.3, 0.4) is 0 Å². The number of amides is 3. The zero-order valence-corrected chi connectivity index (χ0v) is 15.4. The molecule has 6 nitrogen and oxygen atoms in total. The van der Waals surface area contributed by atoms with Crippen LogP contribution >= 0.6 is 0 Å². The van der Waals surface area contributed by atoms with Crippen LogP contribution < -0.4 is 4.90 Å². The number of anilines is 1. The SMILES string of the molecule is N#CC1=CC2C(=O)N(Cc3ccccc3)C1C1C(=O)N(c3ccccc3)C(=O)C21. The number of hydrogen-bond donors (Lipinski definition) is 0. The monoisotopic (exact) mass is 383 g/mol. The summed E-state index contributed by atoms with van der Waals surface area (Å²) in [6.45, 7) is 0.301. The molecule has 142 valence electrons. The van der Waals surface area contributed by atoms with Gasteiger partial charge in [-0.15, -0.1) is 0 Å². The van der Waals surface area contributed by atoms with Gasteiger partial charge in [0.2, 0.25) is 17.7 Å². The van der Waals surface area contributed by atoms with E-state index in [1.807, 2.05) is 36.4 Å². The third-order valence-electron chi connectivity index (χ3n) is 6.05. The fourth-order valence-corrected chi connectivity index (χ4v) is 4.82. The predicted molar refractivity (Wildman–Crippen MR) is 104 cm³/mol. The van der Waals surface area contributed by atoms with E-state index in [0.717, 1.165) is 5.56 Å². The van der Waals surface area contributed by atoms with Crippen molar-refractivity contribution in [3.63, 3.8) is 0 Å². The number of benzene rings is 2. The van der Waals surface area contributed by atoms with Gasteiger partial charge in [0.05, 0.1) is 35.6 Å². The molecule has 0 radical (unpaired) electrons. The highest BCUT2D eigenvalue weighted by Crippen LogP contribution is 2.49. The van der Waals surface area contributed by atoms with Gasteiger partial charge in [-0.3, -0.25) is 14.4 Å². The van der Waals surface area contributed by atoms with Crippen LogP contribution in [0.4, 0.5) is 5.69 Å². The van der Waals surface area contributed by atoms with E-state index in [2.05, 4.69) is 6.07 Å². The summed E-state index contributed by atoms with van der Waals surface area (Å²) in [5.41, 5.74) is 1.80. The second-order valence-corrected chi connectivity index (χ2v) is 7.56. The van der Waals surface area contributed by atoms with E-state index in [4.69, 9.17) is 0 Å². The zero-order valence-electron chi connectivity index (χ0n) is 15.4. The quantitative estimate of drug-likeness (QED) is 0.762. The molecule has 0 saturated carbocycles. The number of rotatable bonds is 3. The molecule has 0 spiro atoms. The van der Waals surface area contributed by atoms with Gasteiger partial charge in [-0.2, -0.15) is 5.26 Å². The Morgan fingerprint density at radius 2 is 1.45 bits per heavy atom. The Balaban J connectivity index is 1.57. The molecule has 2 bridgehead atoms. The molecule has 3 heterocycles. The Morgan fingerprint density at radius 3 is 2.10 bits per heavy atom. The van der Waals surface area contributed by atoms with Crippen LogP contribution in [0.1, 0.15) is 5.56 Å². The minimum Gasteiger partial charge on any atom is -0.329 e. The summed E-state index contributed by atoms with van der Waals surface area (Å²) in [6.07, 6.45) is 1.59. The lowest BCUT2D eigenvalue weighted by molar-refractivity contribution is -0.151. The summed E-state index contributed by atoms with van der Waals surface area (Å²) in [5, 5.41) is 9.67. The molecule has 6 heteroatoms. The van der Waals surface area contributed by atoms with Crippen LogP contribution in [-0.4, -0.2) is 28.7 Å². The highest BCUT2D eigenvalue weighted by atomic mass is 16.2. The molecule has 6 rings (SSSR count). The Hall–Kier alpha value is -3.72. The van der Waals surface area contributed by atoms with Crippen LogP contribution in [0.5, 0.6) is 0 Å². The molecule has 2 saturated heterocycles. The molecule has 3 amide bonds. The number of piperidine rings is 1. The van der Waals surface area contributed by atoms with E-state index < -0.39 is 23.8 Å². The number of carbonyl (C=O) groups excluding carboxylic acids is 3. The first-order valence-corrected chi connectivity index (χ1v) is 9.51. The Bertz CT molecular complexity index is 1090. The number of nitrogens with zero attached hydrogens (tertiary/aromatic N) is 3. The summed E-state index contributed by atoms with van der Waals surface area (Å²) in [7, 11) is 0. The van der Waals surface area contributed by atoms with Gasteiger partial charge < -0.3 is 4.90 Å². The maximum atomic E-state index is 13.3. The average Bonchev–Trinajstić information content (AvgIpc) is 3.03. The lowest BCUT2D eigenvalue weighted by Crippen LogP contribution is -2.60. The number of hydrogen-bond acceptors (Lipinski definition) is 4. The van der Waals surface area contributed by atoms with Gasteiger partial charge in [0, 0.05) is 12.1 Å². The second-order valence-electron chi connectivity index (χ2n) is 7.56. The van der Waals surface area contributed by atoms with Crippen molar-refractivity contribution >= 4 is 23.4 Å². The van der Waals surface area contributed by atoms with Crippen molar-refractivity contribution in [2.24, 2.45) is 17.8 Å². The number of fused-ring (bicyclic) bond motifs is 1. The first kappa shape index (κ1) is 17.4. The fraction of sp³-hybridized carbons (Fsp3) is 0.217. The van der Waals surface area contributed by atoms with E-state index in [-0.39, 0.29) is 17.7 Å². The molecular weight excluding hydrogens is 366 g/mol. The van der Waals surface area contributed by atoms with Gasteiger partial charge in [0.1, 0.15) is 0 Å². The summed E-state index contributed by atoms with van der Waals surface area (Å²) in [5.74, 6) is -3.16. The van der Waals surface area contributed by atoms with Crippen LogP contribution in [0.15, 0.2) is 72.3 Å². The van der Waals surface area contributed by atoms with Crippen molar-refractivity contribution < 1.29 is 14.4 Å². The first-order chi connectivity index (χ1) is 14.1. The maximum absolute atomic E-state index is 13.3. The fourth-order valence-electron chi connectivity index (χ4n) is 4.82. The van der Waals surface area contributed by atoms with E-state index in [1.165, 1.54) is 4.90 Å². The summed E-state index contributed by atoms with van der Waals surface area (Å²) >= 11 is 0. The van der Waals surface area contributed by atoms with Crippen molar-refractivity contribution in [2.45, 2.75) is 12.6 Å². The molecule has 29 heavy (non-hydrogen) atoms. The van der Waals surface area contributed by atoms with Crippen molar-refractivity contribution in [3.05, 3.63) is 77.9 Å². The summed E-state index contributed by atoms with van der Waals surface area (Å²) in [4.78, 5) is 42.5. The van der Waals surface area contributed by atoms with Gasteiger partial charge in [0.25, 0.3) is 0 Å². The number of para-hydroxylation sites is 1. The van der Waals surface area contributed by atoms with E-state index in [1.54, 1.807) is 35.2 Å². The van der Waals surface area contributed by atoms with Crippen LogP contribution in [0.2, 0.25) is 0 Å². The van der Waals surface area contributed by atoms with Gasteiger partial charge in [-0.05, 0) is 17.7 Å². The Labute approximate surface area is 167 Å². The molecule has 2 fully saturated rings. The highest BCUT2D eigenvalue weighted by molar-refractivity contribution is 6.24. The normalized spacial score (nSPS) is 27.7. The molecule has 4 aliphatic rings. The number of carbonyl (C=O) groups is 3. The minimum absolute atomic E-state index is 0.199. The lowest BCUT2D eigenvalue weighted by atomic mass is 9.66. The van der Waals surface area contributed by atoms with Gasteiger partial charge in [0.15, 0.2) is 0 Å². The molecule has 3 aliphatic heterocycles. The van der Waals surface area contributed by atoms with Gasteiger partial charge >= 0.3 is 0 Å². The predicted octanol–water partition coefficient (Wildman–Crippen LogP) is 2.28. The molecular formula is C23H17N3O3. The Morgan fingerprint density at radius 1 is 0.828 bits per heavy atom. The molecule has 1 aliphatic carbocycles. The van der Waals surface area contributed by atoms with Crippen molar-refractivity contribution in [1.82, 2.24) is 4.90 Å². The number of nitriles is 1. The van der Waals surface area contributed by atoms with Crippen molar-refractivity contribution in [3.8, 4) is 6.07 Å². The summed E-state index contributed by atoms with van der Waals surface area (Å²) < 4.78 is 0. The smallest absolute Gasteiger partial charge is 0.240 e. The molecule has 2 aromatic rings. The minimum atomic E-state index is -0.784. The molecule has 0 N–H and O–H groups in total. The maximum Gasteiger partial charge on any atom is 0.240 e. The first-order valence-electron chi connectivity index (χ1n) is 9.51. The van der Waals surface area contributed by atoms with E-state index in [0.29, 0.717) is 17.8 Å².